The third-order valence-corrected chi connectivity index (χ3v) is 4.21. The highest BCUT2D eigenvalue weighted by Crippen LogP contribution is 2.27. The molecule has 22 heavy (non-hydrogen) atoms. The van der Waals surface area contributed by atoms with Crippen LogP contribution in [0.3, 0.4) is 0 Å². The van der Waals surface area contributed by atoms with Crippen molar-refractivity contribution in [2.45, 2.75) is 32.1 Å². The second-order valence-corrected chi connectivity index (χ2v) is 5.83. The largest absolute Gasteiger partial charge is 0.508 e. The fourth-order valence-electron chi connectivity index (χ4n) is 2.91. The molecule has 1 saturated carbocycles. The van der Waals surface area contributed by atoms with Crippen LogP contribution in [0.25, 0.3) is 11.1 Å². The van der Waals surface area contributed by atoms with Crippen LogP contribution in [0.4, 0.5) is 0 Å². The molecule has 1 aliphatic rings. The van der Waals surface area contributed by atoms with Crippen molar-refractivity contribution in [3.8, 4) is 22.6 Å². The predicted octanol–water partition coefficient (Wildman–Crippen LogP) is 4.54. The number of phenols is 1. The van der Waals surface area contributed by atoms with Crippen molar-refractivity contribution in [2.75, 3.05) is 0 Å². The zero-order chi connectivity index (χ0) is 15.4. The second-order valence-electron chi connectivity index (χ2n) is 5.83. The number of rotatable bonds is 3. The summed E-state index contributed by atoms with van der Waals surface area (Å²) in [6.07, 6.45) is 5.37. The summed E-state index contributed by atoms with van der Waals surface area (Å²) in [7, 11) is 0. The normalized spacial score (nSPS) is 15.5. The molecule has 0 unspecified atom stereocenters. The molecule has 0 saturated heterocycles. The first-order valence-electron chi connectivity index (χ1n) is 7.83. The zero-order valence-electron chi connectivity index (χ0n) is 12.5. The molecule has 0 heterocycles. The summed E-state index contributed by atoms with van der Waals surface area (Å²) in [5.41, 5.74) is 2.04. The first-order valence-corrected chi connectivity index (χ1v) is 7.83. The molecule has 3 heteroatoms. The highest BCUT2D eigenvalue weighted by Gasteiger charge is 2.22. The van der Waals surface area contributed by atoms with Gasteiger partial charge in [-0.3, -0.25) is 4.79 Å². The summed E-state index contributed by atoms with van der Waals surface area (Å²) in [6.45, 7) is 0. The molecule has 2 aromatic carbocycles. The number of hydrogen-bond acceptors (Lipinski definition) is 3. The van der Waals surface area contributed by atoms with E-state index < -0.39 is 0 Å². The van der Waals surface area contributed by atoms with Gasteiger partial charge in [0.2, 0.25) is 0 Å². The SMILES string of the molecule is O=C(Oc1ccc(-c2ccc(O)cc2)cc1)C1CCCCC1. The van der Waals surface area contributed by atoms with Gasteiger partial charge in [0.15, 0.2) is 0 Å². The van der Waals surface area contributed by atoms with Gasteiger partial charge < -0.3 is 9.84 Å². The minimum Gasteiger partial charge on any atom is -0.508 e. The molecule has 0 spiro atoms. The van der Waals surface area contributed by atoms with E-state index in [0.717, 1.165) is 36.8 Å². The summed E-state index contributed by atoms with van der Waals surface area (Å²) >= 11 is 0. The molecule has 1 fully saturated rings. The first-order chi connectivity index (χ1) is 10.7. The quantitative estimate of drug-likeness (QED) is 0.668. The number of hydrogen-bond donors (Lipinski definition) is 1. The Morgan fingerprint density at radius 1 is 0.864 bits per heavy atom. The lowest BCUT2D eigenvalue weighted by Gasteiger charge is -2.19. The Morgan fingerprint density at radius 3 is 2.00 bits per heavy atom. The van der Waals surface area contributed by atoms with Crippen molar-refractivity contribution in [3.05, 3.63) is 48.5 Å². The molecule has 0 aromatic heterocycles. The highest BCUT2D eigenvalue weighted by molar-refractivity contribution is 5.75. The summed E-state index contributed by atoms with van der Waals surface area (Å²) < 4.78 is 5.48. The minimum absolute atomic E-state index is 0.0607. The molecule has 0 aliphatic heterocycles. The van der Waals surface area contributed by atoms with Gasteiger partial charge in [0.25, 0.3) is 0 Å². The van der Waals surface area contributed by atoms with Gasteiger partial charge in [0.1, 0.15) is 11.5 Å². The van der Waals surface area contributed by atoms with Crippen LogP contribution in [0.5, 0.6) is 11.5 Å². The molecule has 114 valence electrons. The van der Waals surface area contributed by atoms with Crippen LogP contribution in [0.2, 0.25) is 0 Å². The summed E-state index contributed by atoms with van der Waals surface area (Å²) in [4.78, 5) is 12.1. The standard InChI is InChI=1S/C19H20O3/c20-17-10-6-14(7-11-17)15-8-12-18(13-9-15)22-19(21)16-4-2-1-3-5-16/h6-13,16,20H,1-5H2. The Morgan fingerprint density at radius 2 is 1.41 bits per heavy atom. The maximum absolute atomic E-state index is 12.1. The molecular weight excluding hydrogens is 276 g/mol. The molecule has 0 amide bonds. The van der Waals surface area contributed by atoms with E-state index in [-0.39, 0.29) is 17.6 Å². The van der Waals surface area contributed by atoms with Gasteiger partial charge >= 0.3 is 5.97 Å². The molecule has 0 radical (unpaired) electrons. The molecule has 0 atom stereocenters. The van der Waals surface area contributed by atoms with E-state index in [4.69, 9.17) is 4.74 Å². The summed E-state index contributed by atoms with van der Waals surface area (Å²) in [6, 6.07) is 14.5. The lowest BCUT2D eigenvalue weighted by molar-refractivity contribution is -0.139. The minimum atomic E-state index is -0.0999. The fraction of sp³-hybridized carbons (Fsp3) is 0.316. The van der Waals surface area contributed by atoms with Gasteiger partial charge in [0, 0.05) is 0 Å². The van der Waals surface area contributed by atoms with Crippen LogP contribution in [-0.2, 0) is 4.79 Å². The van der Waals surface area contributed by atoms with Crippen LogP contribution in [0, 0.1) is 5.92 Å². The Labute approximate surface area is 130 Å². The average Bonchev–Trinajstić information content (AvgIpc) is 2.57. The zero-order valence-corrected chi connectivity index (χ0v) is 12.5. The number of aromatic hydroxyl groups is 1. The molecule has 0 bridgehead atoms. The van der Waals surface area contributed by atoms with Crippen LogP contribution in [0.1, 0.15) is 32.1 Å². The van der Waals surface area contributed by atoms with Crippen molar-refractivity contribution >= 4 is 5.97 Å². The van der Waals surface area contributed by atoms with Crippen molar-refractivity contribution in [1.82, 2.24) is 0 Å². The van der Waals surface area contributed by atoms with Crippen LogP contribution < -0.4 is 4.74 Å². The Kier molecular flexibility index (Phi) is 4.42. The second kappa shape index (κ2) is 6.65. The third-order valence-electron chi connectivity index (χ3n) is 4.21. The number of esters is 1. The molecule has 3 rings (SSSR count). The van der Waals surface area contributed by atoms with Crippen LogP contribution in [-0.4, -0.2) is 11.1 Å². The van der Waals surface area contributed by atoms with Gasteiger partial charge in [0.05, 0.1) is 5.92 Å². The topological polar surface area (TPSA) is 46.5 Å². The summed E-state index contributed by atoms with van der Waals surface area (Å²) in [5, 5.41) is 9.31. The molecule has 1 N–H and O–H groups in total. The number of carbonyl (C=O) groups is 1. The van der Waals surface area contributed by atoms with Gasteiger partial charge in [-0.15, -0.1) is 0 Å². The first kappa shape index (κ1) is 14.6. The Balaban J connectivity index is 1.66. The van der Waals surface area contributed by atoms with E-state index in [9.17, 15) is 9.90 Å². The van der Waals surface area contributed by atoms with E-state index >= 15 is 0 Å². The smallest absolute Gasteiger partial charge is 0.314 e. The van der Waals surface area contributed by atoms with E-state index in [1.807, 2.05) is 36.4 Å². The van der Waals surface area contributed by atoms with Crippen molar-refractivity contribution in [3.63, 3.8) is 0 Å². The number of benzene rings is 2. The maximum atomic E-state index is 12.1. The molecule has 1 aliphatic carbocycles. The van der Waals surface area contributed by atoms with Gasteiger partial charge in [-0.25, -0.2) is 0 Å². The highest BCUT2D eigenvalue weighted by atomic mass is 16.5. The lowest BCUT2D eigenvalue weighted by Crippen LogP contribution is -2.22. The van der Waals surface area contributed by atoms with E-state index in [1.165, 1.54) is 6.42 Å². The number of phenolic OH excluding ortho intramolecular Hbond substituents is 1. The van der Waals surface area contributed by atoms with Gasteiger partial charge in [-0.1, -0.05) is 43.5 Å². The predicted molar refractivity (Wildman–Crippen MR) is 85.8 cm³/mol. The van der Waals surface area contributed by atoms with E-state index in [1.54, 1.807) is 12.1 Å². The lowest BCUT2D eigenvalue weighted by atomic mass is 9.89. The fourth-order valence-corrected chi connectivity index (χ4v) is 2.91. The monoisotopic (exact) mass is 296 g/mol. The number of carbonyl (C=O) groups excluding carboxylic acids is 1. The molecule has 2 aromatic rings. The maximum Gasteiger partial charge on any atom is 0.314 e. The molecular formula is C19H20O3. The van der Waals surface area contributed by atoms with Crippen molar-refractivity contribution < 1.29 is 14.6 Å². The van der Waals surface area contributed by atoms with Crippen molar-refractivity contribution in [2.24, 2.45) is 5.92 Å². The van der Waals surface area contributed by atoms with Crippen molar-refractivity contribution in [1.29, 1.82) is 0 Å². The molecule has 3 nitrogen and oxygen atoms in total. The van der Waals surface area contributed by atoms with Crippen LogP contribution >= 0.6 is 0 Å². The average molecular weight is 296 g/mol. The van der Waals surface area contributed by atoms with Gasteiger partial charge in [-0.2, -0.15) is 0 Å². The van der Waals surface area contributed by atoms with E-state index in [0.29, 0.717) is 5.75 Å². The number of ether oxygens (including phenoxy) is 1. The Hall–Kier alpha value is -2.29. The van der Waals surface area contributed by atoms with E-state index in [2.05, 4.69) is 0 Å². The summed E-state index contributed by atoms with van der Waals surface area (Å²) in [5.74, 6) is 0.808. The third kappa shape index (κ3) is 3.48. The van der Waals surface area contributed by atoms with Gasteiger partial charge in [-0.05, 0) is 48.2 Å². The van der Waals surface area contributed by atoms with Crippen LogP contribution in [0.15, 0.2) is 48.5 Å². The Bertz CT molecular complexity index is 623.